The van der Waals surface area contributed by atoms with Crippen molar-refractivity contribution in [2.24, 2.45) is 5.92 Å². The van der Waals surface area contributed by atoms with E-state index < -0.39 is 0 Å². The topological polar surface area (TPSA) is 68.0 Å². The quantitative estimate of drug-likeness (QED) is 0.884. The molecule has 0 aromatic carbocycles. The first-order valence-electron chi connectivity index (χ1n) is 6.64. The zero-order valence-corrected chi connectivity index (χ0v) is 11.8. The lowest BCUT2D eigenvalue weighted by Gasteiger charge is -2.28. The molecule has 0 bridgehead atoms. The van der Waals surface area contributed by atoms with E-state index in [2.05, 4.69) is 17.2 Å². The van der Waals surface area contributed by atoms with Crippen LogP contribution < -0.4 is 11.1 Å². The lowest BCUT2D eigenvalue weighted by molar-refractivity contribution is 0.0922. The largest absolute Gasteiger partial charge is 0.375 e. The Bertz CT molecular complexity index is 430. The summed E-state index contributed by atoms with van der Waals surface area (Å²) in [6.45, 7) is 4.06. The van der Waals surface area contributed by atoms with Crippen LogP contribution in [0.1, 0.15) is 54.4 Å². The number of nitrogens with two attached hydrogens (primary N) is 1. The molecule has 18 heavy (non-hydrogen) atoms. The SMILES string of the molecule is CCC1CCCC(NC(=O)c2sc(N)nc2C)C1. The summed E-state index contributed by atoms with van der Waals surface area (Å²) < 4.78 is 0. The van der Waals surface area contributed by atoms with E-state index in [0.29, 0.717) is 16.1 Å². The van der Waals surface area contributed by atoms with Gasteiger partial charge in [0.2, 0.25) is 0 Å². The van der Waals surface area contributed by atoms with Crippen LogP contribution >= 0.6 is 11.3 Å². The number of hydrogen-bond donors (Lipinski definition) is 2. The average Bonchev–Trinajstić information content (AvgIpc) is 2.69. The van der Waals surface area contributed by atoms with Crippen LogP contribution in [0.2, 0.25) is 0 Å². The molecular weight excluding hydrogens is 246 g/mol. The van der Waals surface area contributed by atoms with Gasteiger partial charge < -0.3 is 11.1 Å². The first kappa shape index (κ1) is 13.3. The highest BCUT2D eigenvalue weighted by atomic mass is 32.1. The molecular formula is C13H21N3OS. The van der Waals surface area contributed by atoms with Crippen molar-refractivity contribution in [1.82, 2.24) is 10.3 Å². The van der Waals surface area contributed by atoms with Gasteiger partial charge in [0.1, 0.15) is 4.88 Å². The Kier molecular flexibility index (Phi) is 4.22. The van der Waals surface area contributed by atoms with Crippen molar-refractivity contribution in [3.05, 3.63) is 10.6 Å². The number of nitrogens with one attached hydrogen (secondary N) is 1. The van der Waals surface area contributed by atoms with Crippen LogP contribution in [0.4, 0.5) is 5.13 Å². The Morgan fingerprint density at radius 3 is 2.94 bits per heavy atom. The number of amides is 1. The third-order valence-corrected chi connectivity index (χ3v) is 4.70. The van der Waals surface area contributed by atoms with Crippen LogP contribution in [0.3, 0.4) is 0 Å². The van der Waals surface area contributed by atoms with Crippen LogP contribution in [0.25, 0.3) is 0 Å². The predicted octanol–water partition coefficient (Wildman–Crippen LogP) is 2.73. The van der Waals surface area contributed by atoms with Crippen molar-refractivity contribution in [1.29, 1.82) is 0 Å². The molecule has 100 valence electrons. The fraction of sp³-hybridized carbons (Fsp3) is 0.692. The Labute approximate surface area is 112 Å². The van der Waals surface area contributed by atoms with Gasteiger partial charge in [-0.3, -0.25) is 4.79 Å². The molecule has 1 saturated carbocycles. The number of aryl methyl sites for hydroxylation is 1. The van der Waals surface area contributed by atoms with Gasteiger partial charge in [-0.2, -0.15) is 0 Å². The monoisotopic (exact) mass is 267 g/mol. The Morgan fingerprint density at radius 2 is 2.33 bits per heavy atom. The van der Waals surface area contributed by atoms with Crippen molar-refractivity contribution in [3.63, 3.8) is 0 Å². The third-order valence-electron chi connectivity index (χ3n) is 3.71. The summed E-state index contributed by atoms with van der Waals surface area (Å²) >= 11 is 1.27. The van der Waals surface area contributed by atoms with Gasteiger partial charge >= 0.3 is 0 Å². The lowest BCUT2D eigenvalue weighted by atomic mass is 9.84. The molecule has 0 aliphatic heterocycles. The molecule has 1 aliphatic carbocycles. The minimum Gasteiger partial charge on any atom is -0.375 e. The highest BCUT2D eigenvalue weighted by Gasteiger charge is 2.24. The van der Waals surface area contributed by atoms with Gasteiger partial charge in [-0.05, 0) is 25.7 Å². The van der Waals surface area contributed by atoms with E-state index in [-0.39, 0.29) is 5.91 Å². The van der Waals surface area contributed by atoms with Crippen LogP contribution in [0, 0.1) is 12.8 Å². The molecule has 1 aliphatic rings. The smallest absolute Gasteiger partial charge is 0.263 e. The summed E-state index contributed by atoms with van der Waals surface area (Å²) in [5.74, 6) is 0.750. The normalized spacial score (nSPS) is 23.9. The van der Waals surface area contributed by atoms with Gasteiger partial charge in [-0.25, -0.2) is 4.98 Å². The molecule has 1 amide bonds. The molecule has 5 heteroatoms. The minimum absolute atomic E-state index is 0.0107. The highest BCUT2D eigenvalue weighted by molar-refractivity contribution is 7.17. The van der Waals surface area contributed by atoms with Gasteiger partial charge in [-0.1, -0.05) is 37.5 Å². The molecule has 1 fully saturated rings. The molecule has 0 radical (unpaired) electrons. The molecule has 4 nitrogen and oxygen atoms in total. The van der Waals surface area contributed by atoms with Crippen molar-refractivity contribution < 1.29 is 4.79 Å². The number of rotatable bonds is 3. The standard InChI is InChI=1S/C13H21N3OS/c1-3-9-5-4-6-10(7-9)16-12(17)11-8(2)15-13(14)18-11/h9-10H,3-7H2,1-2H3,(H2,14,15)(H,16,17). The van der Waals surface area contributed by atoms with Crippen molar-refractivity contribution in [3.8, 4) is 0 Å². The Hall–Kier alpha value is -1.10. The van der Waals surface area contributed by atoms with Crippen molar-refractivity contribution in [2.75, 3.05) is 5.73 Å². The number of anilines is 1. The van der Waals surface area contributed by atoms with Crippen LogP contribution in [-0.2, 0) is 0 Å². The maximum atomic E-state index is 12.1. The first-order chi connectivity index (χ1) is 8.60. The molecule has 1 aromatic rings. The minimum atomic E-state index is -0.0107. The van der Waals surface area contributed by atoms with E-state index in [9.17, 15) is 4.79 Å². The zero-order valence-electron chi connectivity index (χ0n) is 11.0. The summed E-state index contributed by atoms with van der Waals surface area (Å²) in [4.78, 5) is 16.9. The second kappa shape index (κ2) is 5.69. The van der Waals surface area contributed by atoms with E-state index in [4.69, 9.17) is 5.73 Å². The summed E-state index contributed by atoms with van der Waals surface area (Å²) in [6.07, 6.45) is 5.92. The van der Waals surface area contributed by atoms with Gasteiger partial charge in [0, 0.05) is 6.04 Å². The summed E-state index contributed by atoms with van der Waals surface area (Å²) in [5.41, 5.74) is 6.36. The van der Waals surface area contributed by atoms with Gasteiger partial charge in [0.25, 0.3) is 5.91 Å². The molecule has 1 aromatic heterocycles. The van der Waals surface area contributed by atoms with Crippen molar-refractivity contribution in [2.45, 2.75) is 52.0 Å². The second-order valence-corrected chi connectivity index (χ2v) is 6.11. The number of aromatic nitrogens is 1. The van der Waals surface area contributed by atoms with Crippen LogP contribution in [0.5, 0.6) is 0 Å². The highest BCUT2D eigenvalue weighted by Crippen LogP contribution is 2.27. The molecule has 2 atom stereocenters. The molecule has 1 heterocycles. The molecule has 2 rings (SSSR count). The summed E-state index contributed by atoms with van der Waals surface area (Å²) in [7, 11) is 0. The van der Waals surface area contributed by atoms with Crippen molar-refractivity contribution >= 4 is 22.4 Å². The van der Waals surface area contributed by atoms with Gasteiger partial charge in [-0.15, -0.1) is 0 Å². The maximum absolute atomic E-state index is 12.1. The fourth-order valence-corrected chi connectivity index (χ4v) is 3.41. The third kappa shape index (κ3) is 3.02. The number of thiazole rings is 1. The fourth-order valence-electron chi connectivity index (χ4n) is 2.67. The summed E-state index contributed by atoms with van der Waals surface area (Å²) in [5, 5.41) is 3.60. The average molecular weight is 267 g/mol. The molecule has 3 N–H and O–H groups in total. The lowest BCUT2D eigenvalue weighted by Crippen LogP contribution is -2.38. The van der Waals surface area contributed by atoms with E-state index in [1.807, 2.05) is 6.92 Å². The Morgan fingerprint density at radius 1 is 1.56 bits per heavy atom. The van der Waals surface area contributed by atoms with Crippen LogP contribution in [0.15, 0.2) is 0 Å². The van der Waals surface area contributed by atoms with E-state index in [1.54, 1.807) is 0 Å². The molecule has 0 saturated heterocycles. The predicted molar refractivity (Wildman–Crippen MR) is 74.8 cm³/mol. The van der Waals surface area contributed by atoms with Gasteiger partial charge in [0.15, 0.2) is 5.13 Å². The zero-order chi connectivity index (χ0) is 13.1. The number of nitrogen functional groups attached to an aromatic ring is 1. The van der Waals surface area contributed by atoms with Gasteiger partial charge in [0.05, 0.1) is 5.69 Å². The summed E-state index contributed by atoms with van der Waals surface area (Å²) in [6, 6.07) is 0.318. The number of hydrogen-bond acceptors (Lipinski definition) is 4. The van der Waals surface area contributed by atoms with Crippen LogP contribution in [-0.4, -0.2) is 16.9 Å². The first-order valence-corrected chi connectivity index (χ1v) is 7.45. The molecule has 2 unspecified atom stereocenters. The van der Waals surface area contributed by atoms with E-state index in [1.165, 1.54) is 30.6 Å². The van der Waals surface area contributed by atoms with E-state index in [0.717, 1.165) is 24.5 Å². The molecule has 0 spiro atoms. The van der Waals surface area contributed by atoms with E-state index >= 15 is 0 Å². The Balaban J connectivity index is 1.97. The number of carbonyl (C=O) groups is 1. The number of nitrogens with zero attached hydrogens (tertiary/aromatic N) is 1. The second-order valence-electron chi connectivity index (χ2n) is 5.08. The maximum Gasteiger partial charge on any atom is 0.263 e. The number of carbonyl (C=O) groups excluding carboxylic acids is 1.